The lowest BCUT2D eigenvalue weighted by atomic mass is 10.1. The van der Waals surface area contributed by atoms with Crippen molar-refractivity contribution in [1.29, 1.82) is 0 Å². The molecule has 0 aliphatic carbocycles. The molecule has 3 N–H and O–H groups in total. The van der Waals surface area contributed by atoms with Crippen LogP contribution in [0.4, 0.5) is 0 Å². The van der Waals surface area contributed by atoms with Crippen molar-refractivity contribution in [3.63, 3.8) is 0 Å². The van der Waals surface area contributed by atoms with Crippen LogP contribution < -0.4 is 16.2 Å². The molecule has 0 radical (unpaired) electrons. The van der Waals surface area contributed by atoms with Crippen LogP contribution in [-0.4, -0.2) is 27.9 Å². The van der Waals surface area contributed by atoms with E-state index in [0.29, 0.717) is 27.9 Å². The number of amides is 2. The zero-order valence-electron chi connectivity index (χ0n) is 16.3. The third-order valence-corrected chi connectivity index (χ3v) is 4.91. The van der Waals surface area contributed by atoms with Gasteiger partial charge in [0.15, 0.2) is 4.77 Å². The Morgan fingerprint density at radius 2 is 1.84 bits per heavy atom. The SMILES string of the molecule is O=C(CNC(=O)c1ccc2c(=O)n(-c3ccccc3)c(=S)[nH]c2c1)NCc1ccco1. The smallest absolute Gasteiger partial charge is 0.266 e. The van der Waals surface area contributed by atoms with E-state index in [1.807, 2.05) is 18.2 Å². The first-order valence-electron chi connectivity index (χ1n) is 9.45. The summed E-state index contributed by atoms with van der Waals surface area (Å²) in [6.07, 6.45) is 1.52. The Morgan fingerprint density at radius 3 is 2.58 bits per heavy atom. The number of aromatic amines is 1. The molecule has 156 valence electrons. The summed E-state index contributed by atoms with van der Waals surface area (Å²) in [6, 6.07) is 17.2. The van der Waals surface area contributed by atoms with Crippen molar-refractivity contribution < 1.29 is 14.0 Å². The van der Waals surface area contributed by atoms with E-state index in [4.69, 9.17) is 16.6 Å². The van der Waals surface area contributed by atoms with Crippen molar-refractivity contribution in [2.45, 2.75) is 6.54 Å². The van der Waals surface area contributed by atoms with Crippen molar-refractivity contribution in [3.8, 4) is 5.69 Å². The maximum atomic E-state index is 12.9. The van der Waals surface area contributed by atoms with E-state index >= 15 is 0 Å². The van der Waals surface area contributed by atoms with E-state index in [9.17, 15) is 14.4 Å². The molecule has 4 rings (SSSR count). The predicted octanol–water partition coefficient (Wildman–Crippen LogP) is 2.69. The lowest BCUT2D eigenvalue weighted by Crippen LogP contribution is -2.36. The molecular weight excluding hydrogens is 416 g/mol. The van der Waals surface area contributed by atoms with Crippen molar-refractivity contribution >= 4 is 34.9 Å². The molecule has 0 aliphatic rings. The van der Waals surface area contributed by atoms with E-state index in [0.717, 1.165) is 0 Å². The normalized spacial score (nSPS) is 10.7. The van der Waals surface area contributed by atoms with Gasteiger partial charge in [0.2, 0.25) is 5.91 Å². The minimum Gasteiger partial charge on any atom is -0.467 e. The molecule has 31 heavy (non-hydrogen) atoms. The summed E-state index contributed by atoms with van der Waals surface area (Å²) in [4.78, 5) is 40.3. The topological polar surface area (TPSA) is 109 Å². The maximum absolute atomic E-state index is 12.9. The van der Waals surface area contributed by atoms with E-state index in [1.54, 1.807) is 30.3 Å². The molecule has 0 atom stereocenters. The Kier molecular flexibility index (Phi) is 5.76. The number of fused-ring (bicyclic) bond motifs is 1. The lowest BCUT2D eigenvalue weighted by molar-refractivity contribution is -0.120. The van der Waals surface area contributed by atoms with Gasteiger partial charge in [-0.25, -0.2) is 0 Å². The van der Waals surface area contributed by atoms with Gasteiger partial charge in [-0.2, -0.15) is 0 Å². The Labute approximate surface area is 181 Å². The summed E-state index contributed by atoms with van der Waals surface area (Å²) in [5.74, 6) is -0.178. The van der Waals surface area contributed by atoms with Crippen LogP contribution in [0.3, 0.4) is 0 Å². The summed E-state index contributed by atoms with van der Waals surface area (Å²) >= 11 is 5.35. The minimum absolute atomic E-state index is 0.191. The second kappa shape index (κ2) is 8.80. The molecule has 2 aromatic carbocycles. The number of H-pyrrole nitrogens is 1. The van der Waals surface area contributed by atoms with Crippen LogP contribution in [0, 0.1) is 4.77 Å². The Morgan fingerprint density at radius 1 is 1.03 bits per heavy atom. The van der Waals surface area contributed by atoms with Crippen LogP contribution in [0.25, 0.3) is 16.6 Å². The number of carbonyl (C=O) groups excluding carboxylic acids is 2. The number of aromatic nitrogens is 2. The molecule has 0 saturated heterocycles. The van der Waals surface area contributed by atoms with Crippen molar-refractivity contribution in [1.82, 2.24) is 20.2 Å². The second-order valence-corrected chi connectivity index (χ2v) is 7.09. The highest BCUT2D eigenvalue weighted by Gasteiger charge is 2.12. The average Bonchev–Trinajstić information content (AvgIpc) is 3.30. The number of furan rings is 1. The summed E-state index contributed by atoms with van der Waals surface area (Å²) in [5.41, 5.74) is 1.11. The van der Waals surface area contributed by atoms with Crippen LogP contribution in [0.2, 0.25) is 0 Å². The Hall–Kier alpha value is -3.98. The van der Waals surface area contributed by atoms with Gasteiger partial charge >= 0.3 is 0 Å². The van der Waals surface area contributed by atoms with E-state index in [-0.39, 0.29) is 29.3 Å². The molecule has 4 aromatic rings. The van der Waals surface area contributed by atoms with Crippen LogP contribution >= 0.6 is 12.2 Å². The molecular formula is C22H18N4O4S. The largest absolute Gasteiger partial charge is 0.467 e. The second-order valence-electron chi connectivity index (χ2n) is 6.71. The highest BCUT2D eigenvalue weighted by atomic mass is 32.1. The lowest BCUT2D eigenvalue weighted by Gasteiger charge is -2.10. The van der Waals surface area contributed by atoms with Gasteiger partial charge in [0.1, 0.15) is 5.76 Å². The van der Waals surface area contributed by atoms with E-state index in [2.05, 4.69) is 15.6 Å². The number of benzene rings is 2. The number of nitrogens with zero attached hydrogens (tertiary/aromatic N) is 1. The van der Waals surface area contributed by atoms with Gasteiger partial charge in [-0.1, -0.05) is 18.2 Å². The third-order valence-electron chi connectivity index (χ3n) is 4.62. The van der Waals surface area contributed by atoms with E-state index in [1.165, 1.54) is 23.0 Å². The third kappa shape index (κ3) is 4.46. The number of carbonyl (C=O) groups is 2. The van der Waals surface area contributed by atoms with E-state index < -0.39 is 5.91 Å². The van der Waals surface area contributed by atoms with Crippen molar-refractivity contribution in [2.24, 2.45) is 0 Å². The molecule has 0 unspecified atom stereocenters. The van der Waals surface area contributed by atoms with Gasteiger partial charge < -0.3 is 20.0 Å². The molecule has 0 bridgehead atoms. The van der Waals surface area contributed by atoms with Crippen molar-refractivity contribution in [2.75, 3.05) is 6.54 Å². The predicted molar refractivity (Wildman–Crippen MR) is 118 cm³/mol. The fraction of sp³-hybridized carbons (Fsp3) is 0.0909. The summed E-state index contributed by atoms with van der Waals surface area (Å²) in [6.45, 7) is 0.0467. The van der Waals surface area contributed by atoms with Gasteiger partial charge in [-0.3, -0.25) is 19.0 Å². The molecule has 8 nitrogen and oxygen atoms in total. The molecule has 0 spiro atoms. The fourth-order valence-corrected chi connectivity index (χ4v) is 3.39. The van der Waals surface area contributed by atoms with Crippen LogP contribution in [0.1, 0.15) is 16.1 Å². The molecule has 9 heteroatoms. The van der Waals surface area contributed by atoms with Gasteiger partial charge in [-0.15, -0.1) is 0 Å². The number of nitrogens with one attached hydrogen (secondary N) is 3. The minimum atomic E-state index is -0.443. The van der Waals surface area contributed by atoms with Crippen molar-refractivity contribution in [3.05, 3.63) is 93.4 Å². The monoisotopic (exact) mass is 434 g/mol. The summed E-state index contributed by atoms with van der Waals surface area (Å²) in [7, 11) is 0. The number of hydrogen-bond donors (Lipinski definition) is 3. The molecule has 2 amide bonds. The molecule has 0 saturated carbocycles. The Bertz CT molecular complexity index is 1360. The first-order chi connectivity index (χ1) is 15.0. The van der Waals surface area contributed by atoms with Gasteiger partial charge in [0.25, 0.3) is 11.5 Å². The zero-order valence-corrected chi connectivity index (χ0v) is 17.1. The first-order valence-corrected chi connectivity index (χ1v) is 9.85. The number of rotatable bonds is 6. The molecule has 2 heterocycles. The zero-order chi connectivity index (χ0) is 21.8. The van der Waals surface area contributed by atoms with Crippen LogP contribution in [0.5, 0.6) is 0 Å². The molecule has 0 aliphatic heterocycles. The van der Waals surface area contributed by atoms with Gasteiger partial charge in [0.05, 0.1) is 35.9 Å². The highest BCUT2D eigenvalue weighted by molar-refractivity contribution is 7.71. The van der Waals surface area contributed by atoms with Crippen LogP contribution in [-0.2, 0) is 11.3 Å². The van der Waals surface area contributed by atoms with Crippen LogP contribution in [0.15, 0.2) is 76.1 Å². The molecule has 2 aromatic heterocycles. The van der Waals surface area contributed by atoms with Gasteiger partial charge in [-0.05, 0) is 54.7 Å². The maximum Gasteiger partial charge on any atom is 0.266 e. The molecule has 0 fully saturated rings. The number of para-hydroxylation sites is 1. The highest BCUT2D eigenvalue weighted by Crippen LogP contribution is 2.13. The average molecular weight is 434 g/mol. The quantitative estimate of drug-likeness (QED) is 0.404. The Balaban J connectivity index is 1.50. The summed E-state index contributed by atoms with van der Waals surface area (Å²) < 4.78 is 6.76. The first kappa shape index (κ1) is 20.3. The number of hydrogen-bond acceptors (Lipinski definition) is 5. The van der Waals surface area contributed by atoms with Gasteiger partial charge in [0, 0.05) is 5.56 Å². The standard InChI is InChI=1S/C22H18N4O4S/c27-19(23-12-16-7-4-10-30-16)13-24-20(28)14-8-9-17-18(11-14)25-22(31)26(21(17)29)15-5-2-1-3-6-15/h1-11H,12-13H2,(H,23,27)(H,24,28)(H,25,31). The fourth-order valence-electron chi connectivity index (χ4n) is 3.09. The summed E-state index contributed by atoms with van der Waals surface area (Å²) in [5, 5.41) is 5.60.